The van der Waals surface area contributed by atoms with E-state index in [1.54, 1.807) is 0 Å². The summed E-state index contributed by atoms with van der Waals surface area (Å²) in [4.78, 5) is 10.6. The number of hydrogen-bond acceptors (Lipinski definition) is 2. The quantitative estimate of drug-likeness (QED) is 0.838. The van der Waals surface area contributed by atoms with Crippen LogP contribution in [0.2, 0.25) is 0 Å². The summed E-state index contributed by atoms with van der Waals surface area (Å²) >= 11 is 0. The van der Waals surface area contributed by atoms with Crippen LogP contribution in [0.5, 0.6) is 0 Å². The van der Waals surface area contributed by atoms with Crippen LogP contribution >= 0.6 is 0 Å². The van der Waals surface area contributed by atoms with Gasteiger partial charge in [0.25, 0.3) is 0 Å². The lowest BCUT2D eigenvalue weighted by Gasteiger charge is -2.26. The molecule has 2 N–H and O–H groups in total. The Morgan fingerprint density at radius 3 is 2.35 bits per heavy atom. The molecule has 0 unspecified atom stereocenters. The van der Waals surface area contributed by atoms with E-state index in [2.05, 4.69) is 12.2 Å². The molecule has 0 heterocycles. The van der Waals surface area contributed by atoms with Crippen LogP contribution in [0.25, 0.3) is 0 Å². The first-order chi connectivity index (χ1) is 9.63. The van der Waals surface area contributed by atoms with E-state index in [9.17, 15) is 4.79 Å². The lowest BCUT2D eigenvalue weighted by molar-refractivity contribution is -0.136. The SMILES string of the molecule is CC1CCC(CNCc2ccc(CC(=O)O)cc2)CC1. The summed E-state index contributed by atoms with van der Waals surface area (Å²) < 4.78 is 0. The Labute approximate surface area is 121 Å². The van der Waals surface area contributed by atoms with Gasteiger partial charge in [-0.25, -0.2) is 0 Å². The molecule has 1 saturated carbocycles. The van der Waals surface area contributed by atoms with Crippen molar-refractivity contribution >= 4 is 5.97 Å². The zero-order chi connectivity index (χ0) is 14.4. The number of nitrogens with one attached hydrogen (secondary N) is 1. The van der Waals surface area contributed by atoms with Gasteiger partial charge in [0.1, 0.15) is 0 Å². The highest BCUT2D eigenvalue weighted by atomic mass is 16.4. The van der Waals surface area contributed by atoms with Crippen LogP contribution in [-0.2, 0) is 17.8 Å². The fraction of sp³-hybridized carbons (Fsp3) is 0.588. The second-order valence-corrected chi connectivity index (χ2v) is 6.14. The van der Waals surface area contributed by atoms with Gasteiger partial charge in [-0.05, 0) is 42.3 Å². The van der Waals surface area contributed by atoms with E-state index >= 15 is 0 Å². The number of hydrogen-bond donors (Lipinski definition) is 2. The maximum Gasteiger partial charge on any atom is 0.307 e. The molecule has 0 saturated heterocycles. The van der Waals surface area contributed by atoms with E-state index in [-0.39, 0.29) is 6.42 Å². The van der Waals surface area contributed by atoms with Gasteiger partial charge in [0.05, 0.1) is 6.42 Å². The van der Waals surface area contributed by atoms with Gasteiger partial charge in [0, 0.05) is 6.54 Å². The Kier molecular flexibility index (Phi) is 5.60. The normalized spacial score (nSPS) is 22.6. The molecule has 110 valence electrons. The van der Waals surface area contributed by atoms with E-state index in [4.69, 9.17) is 5.11 Å². The summed E-state index contributed by atoms with van der Waals surface area (Å²) in [7, 11) is 0. The van der Waals surface area contributed by atoms with E-state index < -0.39 is 5.97 Å². The summed E-state index contributed by atoms with van der Waals surface area (Å²) in [5.41, 5.74) is 2.09. The van der Waals surface area contributed by atoms with Gasteiger partial charge in [-0.15, -0.1) is 0 Å². The van der Waals surface area contributed by atoms with E-state index in [1.165, 1.54) is 31.2 Å². The maximum absolute atomic E-state index is 10.6. The molecular formula is C17H25NO2. The van der Waals surface area contributed by atoms with E-state index in [1.807, 2.05) is 24.3 Å². The lowest BCUT2D eigenvalue weighted by atomic mass is 9.83. The highest BCUT2D eigenvalue weighted by molar-refractivity contribution is 5.70. The molecule has 0 atom stereocenters. The third-order valence-electron chi connectivity index (χ3n) is 4.28. The number of benzene rings is 1. The number of carboxylic acids is 1. The summed E-state index contributed by atoms with van der Waals surface area (Å²) in [6.07, 6.45) is 5.55. The predicted molar refractivity (Wildman–Crippen MR) is 80.6 cm³/mol. The van der Waals surface area contributed by atoms with Crippen LogP contribution in [0.15, 0.2) is 24.3 Å². The van der Waals surface area contributed by atoms with Gasteiger partial charge in [-0.1, -0.05) is 44.0 Å². The number of carbonyl (C=O) groups is 1. The standard InChI is InChI=1S/C17H25NO2/c1-13-2-4-15(5-3-13)11-18-12-16-8-6-14(7-9-16)10-17(19)20/h6-9,13,15,18H,2-5,10-12H2,1H3,(H,19,20). The molecule has 3 heteroatoms. The van der Waals surface area contributed by atoms with Crippen LogP contribution in [0, 0.1) is 11.8 Å². The van der Waals surface area contributed by atoms with E-state index in [0.717, 1.165) is 30.5 Å². The molecule has 0 radical (unpaired) electrons. The van der Waals surface area contributed by atoms with Crippen LogP contribution < -0.4 is 5.32 Å². The van der Waals surface area contributed by atoms with Gasteiger partial charge in [0.2, 0.25) is 0 Å². The minimum Gasteiger partial charge on any atom is -0.481 e. The Bertz CT molecular complexity index is 419. The summed E-state index contributed by atoms with van der Waals surface area (Å²) in [6, 6.07) is 7.86. The average molecular weight is 275 g/mol. The zero-order valence-corrected chi connectivity index (χ0v) is 12.3. The van der Waals surface area contributed by atoms with E-state index in [0.29, 0.717) is 0 Å². The average Bonchev–Trinajstić information content (AvgIpc) is 2.42. The molecular weight excluding hydrogens is 250 g/mol. The van der Waals surface area contributed by atoms with Crippen LogP contribution in [0.3, 0.4) is 0 Å². The van der Waals surface area contributed by atoms with Crippen molar-refractivity contribution in [3.8, 4) is 0 Å². The molecule has 0 bridgehead atoms. The van der Waals surface area contributed by atoms with Crippen molar-refractivity contribution in [2.24, 2.45) is 11.8 Å². The van der Waals surface area contributed by atoms with Crippen LogP contribution in [0.4, 0.5) is 0 Å². The van der Waals surface area contributed by atoms with Gasteiger partial charge in [-0.3, -0.25) is 4.79 Å². The molecule has 1 aliphatic carbocycles. The molecule has 1 aromatic rings. The largest absolute Gasteiger partial charge is 0.481 e. The Morgan fingerprint density at radius 2 is 1.75 bits per heavy atom. The smallest absolute Gasteiger partial charge is 0.307 e. The first-order valence-electron chi connectivity index (χ1n) is 7.64. The molecule has 1 aliphatic rings. The lowest BCUT2D eigenvalue weighted by Crippen LogP contribution is -2.25. The minimum atomic E-state index is -0.776. The number of aliphatic carboxylic acids is 1. The zero-order valence-electron chi connectivity index (χ0n) is 12.3. The van der Waals surface area contributed by atoms with Crippen LogP contribution in [0.1, 0.15) is 43.7 Å². The van der Waals surface area contributed by atoms with Gasteiger partial charge < -0.3 is 10.4 Å². The maximum atomic E-state index is 10.6. The van der Waals surface area contributed by atoms with Crippen molar-refractivity contribution in [2.75, 3.05) is 6.54 Å². The molecule has 0 aliphatic heterocycles. The fourth-order valence-electron chi connectivity index (χ4n) is 2.90. The molecule has 0 spiro atoms. The predicted octanol–water partition coefficient (Wildman–Crippen LogP) is 3.23. The fourth-order valence-corrected chi connectivity index (χ4v) is 2.90. The number of rotatable bonds is 6. The molecule has 0 amide bonds. The minimum absolute atomic E-state index is 0.105. The highest BCUT2D eigenvalue weighted by Gasteiger charge is 2.17. The molecule has 3 nitrogen and oxygen atoms in total. The second kappa shape index (κ2) is 7.44. The van der Waals surface area contributed by atoms with Crippen molar-refractivity contribution < 1.29 is 9.90 Å². The molecule has 1 fully saturated rings. The van der Waals surface area contributed by atoms with Gasteiger partial charge in [0.15, 0.2) is 0 Å². The molecule has 0 aromatic heterocycles. The monoisotopic (exact) mass is 275 g/mol. The van der Waals surface area contributed by atoms with Crippen molar-refractivity contribution in [3.63, 3.8) is 0 Å². The van der Waals surface area contributed by atoms with Crippen molar-refractivity contribution in [3.05, 3.63) is 35.4 Å². The number of carboxylic acid groups (broad SMARTS) is 1. The van der Waals surface area contributed by atoms with Crippen molar-refractivity contribution in [1.29, 1.82) is 0 Å². The summed E-state index contributed by atoms with van der Waals surface area (Å²) in [5.74, 6) is 0.966. The third-order valence-corrected chi connectivity index (χ3v) is 4.28. The Balaban J connectivity index is 1.70. The van der Waals surface area contributed by atoms with Crippen molar-refractivity contribution in [1.82, 2.24) is 5.32 Å². The Hall–Kier alpha value is -1.35. The molecule has 20 heavy (non-hydrogen) atoms. The molecule has 1 aromatic carbocycles. The highest BCUT2D eigenvalue weighted by Crippen LogP contribution is 2.27. The Morgan fingerprint density at radius 1 is 1.15 bits per heavy atom. The first kappa shape index (κ1) is 15.0. The van der Waals surface area contributed by atoms with Crippen LogP contribution in [-0.4, -0.2) is 17.6 Å². The van der Waals surface area contributed by atoms with Crippen molar-refractivity contribution in [2.45, 2.75) is 45.6 Å². The van der Waals surface area contributed by atoms with Gasteiger partial charge >= 0.3 is 5.97 Å². The summed E-state index contributed by atoms with van der Waals surface area (Å²) in [6.45, 7) is 4.32. The second-order valence-electron chi connectivity index (χ2n) is 6.14. The first-order valence-corrected chi connectivity index (χ1v) is 7.64. The third kappa shape index (κ3) is 4.97. The topological polar surface area (TPSA) is 49.3 Å². The van der Waals surface area contributed by atoms with Gasteiger partial charge in [-0.2, -0.15) is 0 Å². The summed E-state index contributed by atoms with van der Waals surface area (Å²) in [5, 5.41) is 12.3. The molecule has 2 rings (SSSR count).